The molecule has 1 aliphatic rings. The summed E-state index contributed by atoms with van der Waals surface area (Å²) in [6.45, 7) is 0.608. The maximum absolute atomic E-state index is 14.1. The van der Waals surface area contributed by atoms with Gasteiger partial charge in [0.1, 0.15) is 12.5 Å². The summed E-state index contributed by atoms with van der Waals surface area (Å²) >= 11 is 0. The van der Waals surface area contributed by atoms with Crippen molar-refractivity contribution < 1.29 is 14.0 Å². The first-order chi connectivity index (χ1) is 14.6. The standard InChI is InChI=1S/C20H20FN7O2/c21-16-6-17(28(10-16)20(30)15-8-22-13-23-9-15)11-27-12-18(25-26-27)19(29)24-7-14-4-2-1-3-5-14/h1-5,8-9,12-13,16-17H,6-7,10-11H2,(H,24,29)/t16-,17-/m0/s1. The van der Waals surface area contributed by atoms with Gasteiger partial charge in [-0.15, -0.1) is 5.10 Å². The third-order valence-electron chi connectivity index (χ3n) is 4.90. The third kappa shape index (κ3) is 4.48. The van der Waals surface area contributed by atoms with Crippen LogP contribution in [0.3, 0.4) is 0 Å². The fourth-order valence-electron chi connectivity index (χ4n) is 3.43. The van der Waals surface area contributed by atoms with Gasteiger partial charge in [0.05, 0.1) is 30.9 Å². The maximum Gasteiger partial charge on any atom is 0.273 e. The second kappa shape index (κ2) is 8.76. The minimum absolute atomic E-state index is 0.00247. The summed E-state index contributed by atoms with van der Waals surface area (Å²) in [6.07, 6.45) is 4.71. The molecular formula is C20H20FN7O2. The smallest absolute Gasteiger partial charge is 0.273 e. The fourth-order valence-corrected chi connectivity index (χ4v) is 3.43. The maximum atomic E-state index is 14.1. The van der Waals surface area contributed by atoms with E-state index in [1.165, 1.54) is 34.5 Å². The molecule has 154 valence electrons. The molecule has 1 saturated heterocycles. The molecule has 2 amide bonds. The zero-order valence-corrected chi connectivity index (χ0v) is 16.1. The van der Waals surface area contributed by atoms with Gasteiger partial charge >= 0.3 is 0 Å². The monoisotopic (exact) mass is 409 g/mol. The molecule has 3 aromatic rings. The van der Waals surface area contributed by atoms with Gasteiger partial charge in [-0.3, -0.25) is 9.59 Å². The highest BCUT2D eigenvalue weighted by Crippen LogP contribution is 2.23. The predicted molar refractivity (Wildman–Crippen MR) is 104 cm³/mol. The molecule has 0 saturated carbocycles. The molecule has 0 aliphatic carbocycles. The third-order valence-corrected chi connectivity index (χ3v) is 4.90. The van der Waals surface area contributed by atoms with Gasteiger partial charge in [0, 0.05) is 25.4 Å². The van der Waals surface area contributed by atoms with Crippen LogP contribution in [-0.2, 0) is 13.1 Å². The number of aromatic nitrogens is 5. The molecule has 10 heteroatoms. The fraction of sp³-hybridized carbons (Fsp3) is 0.300. The van der Waals surface area contributed by atoms with Crippen LogP contribution in [0.15, 0.2) is 55.2 Å². The first-order valence-corrected chi connectivity index (χ1v) is 9.52. The summed E-state index contributed by atoms with van der Waals surface area (Å²) in [5.74, 6) is -0.684. The molecule has 0 unspecified atom stereocenters. The number of benzene rings is 1. The average Bonchev–Trinajstić information content (AvgIpc) is 3.39. The number of halogens is 1. The van der Waals surface area contributed by atoms with Crippen molar-refractivity contribution in [3.63, 3.8) is 0 Å². The van der Waals surface area contributed by atoms with Crippen molar-refractivity contribution in [2.45, 2.75) is 31.7 Å². The van der Waals surface area contributed by atoms with Crippen LogP contribution in [0.5, 0.6) is 0 Å². The summed E-state index contributed by atoms with van der Waals surface area (Å²) in [5.41, 5.74) is 1.43. The second-order valence-electron chi connectivity index (χ2n) is 7.07. The lowest BCUT2D eigenvalue weighted by molar-refractivity contribution is 0.0713. The number of hydrogen-bond acceptors (Lipinski definition) is 6. The van der Waals surface area contributed by atoms with E-state index in [-0.39, 0.29) is 37.0 Å². The number of carbonyl (C=O) groups is 2. The van der Waals surface area contributed by atoms with Gasteiger partial charge in [0.2, 0.25) is 0 Å². The normalized spacial score (nSPS) is 18.4. The van der Waals surface area contributed by atoms with Crippen molar-refractivity contribution in [2.24, 2.45) is 0 Å². The Balaban J connectivity index is 1.39. The van der Waals surface area contributed by atoms with E-state index in [1.807, 2.05) is 30.3 Å². The van der Waals surface area contributed by atoms with Gasteiger partial charge < -0.3 is 10.2 Å². The van der Waals surface area contributed by atoms with Gasteiger partial charge in [-0.25, -0.2) is 19.0 Å². The van der Waals surface area contributed by atoms with E-state index >= 15 is 0 Å². The van der Waals surface area contributed by atoms with E-state index in [9.17, 15) is 14.0 Å². The van der Waals surface area contributed by atoms with Crippen LogP contribution >= 0.6 is 0 Å². The van der Waals surface area contributed by atoms with Crippen LogP contribution in [-0.4, -0.2) is 60.4 Å². The van der Waals surface area contributed by atoms with E-state index in [0.717, 1.165) is 5.56 Å². The minimum atomic E-state index is -1.12. The molecule has 2 aromatic heterocycles. The second-order valence-corrected chi connectivity index (χ2v) is 7.07. The van der Waals surface area contributed by atoms with E-state index in [0.29, 0.717) is 12.1 Å². The Hall–Kier alpha value is -3.69. The van der Waals surface area contributed by atoms with Crippen molar-refractivity contribution in [2.75, 3.05) is 6.54 Å². The number of amides is 2. The van der Waals surface area contributed by atoms with Gasteiger partial charge in [0.15, 0.2) is 5.69 Å². The van der Waals surface area contributed by atoms with Gasteiger partial charge in [0.25, 0.3) is 11.8 Å². The minimum Gasteiger partial charge on any atom is -0.347 e. The largest absolute Gasteiger partial charge is 0.347 e. The molecule has 1 aliphatic heterocycles. The molecule has 30 heavy (non-hydrogen) atoms. The molecule has 0 bridgehead atoms. The summed E-state index contributed by atoms with van der Waals surface area (Å²) < 4.78 is 15.5. The number of nitrogens with zero attached hydrogens (tertiary/aromatic N) is 6. The molecule has 0 radical (unpaired) electrons. The van der Waals surface area contributed by atoms with Crippen LogP contribution in [0.1, 0.15) is 32.8 Å². The number of nitrogens with one attached hydrogen (secondary N) is 1. The topological polar surface area (TPSA) is 106 Å². The average molecular weight is 409 g/mol. The van der Waals surface area contributed by atoms with Crippen LogP contribution in [0.4, 0.5) is 4.39 Å². The highest BCUT2D eigenvalue weighted by atomic mass is 19.1. The Morgan fingerprint density at radius 2 is 1.93 bits per heavy atom. The molecule has 4 rings (SSSR count). The Bertz CT molecular complexity index is 1010. The van der Waals surface area contributed by atoms with Gasteiger partial charge in [-0.2, -0.15) is 0 Å². The lowest BCUT2D eigenvalue weighted by Crippen LogP contribution is -2.38. The number of carbonyl (C=O) groups excluding carboxylic acids is 2. The number of likely N-dealkylation sites (tertiary alicyclic amines) is 1. The SMILES string of the molecule is O=C(NCc1ccccc1)c1cn(C[C@@H]2C[C@H](F)CN2C(=O)c2cncnc2)nn1. The molecule has 1 aromatic carbocycles. The summed E-state index contributed by atoms with van der Waals surface area (Å²) in [5, 5.41) is 10.7. The van der Waals surface area contributed by atoms with Crippen molar-refractivity contribution in [1.29, 1.82) is 0 Å². The molecule has 3 heterocycles. The van der Waals surface area contributed by atoms with Gasteiger partial charge in [-0.05, 0) is 5.56 Å². The molecule has 9 nitrogen and oxygen atoms in total. The van der Waals surface area contributed by atoms with E-state index in [4.69, 9.17) is 0 Å². The molecular weight excluding hydrogens is 389 g/mol. The quantitative estimate of drug-likeness (QED) is 0.657. The lowest BCUT2D eigenvalue weighted by Gasteiger charge is -2.23. The Labute approximate surface area is 171 Å². The number of rotatable bonds is 6. The zero-order chi connectivity index (χ0) is 20.9. The highest BCUT2D eigenvalue weighted by Gasteiger charge is 2.36. The zero-order valence-electron chi connectivity index (χ0n) is 16.1. The van der Waals surface area contributed by atoms with Gasteiger partial charge in [-0.1, -0.05) is 35.5 Å². The van der Waals surface area contributed by atoms with Crippen molar-refractivity contribution in [3.8, 4) is 0 Å². The van der Waals surface area contributed by atoms with E-state index in [1.54, 1.807) is 0 Å². The van der Waals surface area contributed by atoms with E-state index in [2.05, 4.69) is 25.6 Å². The molecule has 1 N–H and O–H groups in total. The first-order valence-electron chi connectivity index (χ1n) is 9.52. The Morgan fingerprint density at radius 1 is 1.17 bits per heavy atom. The lowest BCUT2D eigenvalue weighted by atomic mass is 10.2. The van der Waals surface area contributed by atoms with Crippen LogP contribution < -0.4 is 5.32 Å². The highest BCUT2D eigenvalue weighted by molar-refractivity contribution is 5.94. The van der Waals surface area contributed by atoms with Crippen molar-refractivity contribution in [3.05, 3.63) is 72.1 Å². The Morgan fingerprint density at radius 3 is 2.70 bits per heavy atom. The molecule has 0 spiro atoms. The Kier molecular flexibility index (Phi) is 5.73. The van der Waals surface area contributed by atoms with Crippen LogP contribution in [0, 0.1) is 0 Å². The van der Waals surface area contributed by atoms with Crippen LogP contribution in [0.2, 0.25) is 0 Å². The van der Waals surface area contributed by atoms with Crippen molar-refractivity contribution in [1.82, 2.24) is 35.2 Å². The molecule has 2 atom stereocenters. The summed E-state index contributed by atoms with van der Waals surface area (Å²) in [4.78, 5) is 34.2. The first kappa shape index (κ1) is 19.6. The number of alkyl halides is 1. The van der Waals surface area contributed by atoms with Crippen LogP contribution in [0.25, 0.3) is 0 Å². The van der Waals surface area contributed by atoms with Crippen molar-refractivity contribution >= 4 is 11.8 Å². The predicted octanol–water partition coefficient (Wildman–Crippen LogP) is 1.25. The summed E-state index contributed by atoms with van der Waals surface area (Å²) in [6, 6.07) is 9.11. The molecule has 1 fully saturated rings. The summed E-state index contributed by atoms with van der Waals surface area (Å²) in [7, 11) is 0. The van der Waals surface area contributed by atoms with E-state index < -0.39 is 12.2 Å². The number of hydrogen-bond donors (Lipinski definition) is 1.